The molecule has 0 aliphatic carbocycles. The van der Waals surface area contributed by atoms with Gasteiger partial charge in [0.15, 0.2) is 0 Å². The molecule has 0 radical (unpaired) electrons. The zero-order valence-corrected chi connectivity index (χ0v) is 18.2. The van der Waals surface area contributed by atoms with Crippen molar-refractivity contribution in [1.82, 2.24) is 4.98 Å². The summed E-state index contributed by atoms with van der Waals surface area (Å²) < 4.78 is 44.2. The van der Waals surface area contributed by atoms with Gasteiger partial charge in [0.2, 0.25) is 5.91 Å². The second-order valence-corrected chi connectivity index (χ2v) is 8.34. The number of rotatable bonds is 5. The van der Waals surface area contributed by atoms with E-state index >= 15 is 0 Å². The van der Waals surface area contributed by atoms with Gasteiger partial charge < -0.3 is 15.8 Å². The van der Waals surface area contributed by atoms with E-state index in [9.17, 15) is 22.8 Å². The van der Waals surface area contributed by atoms with Crippen LogP contribution in [0.2, 0.25) is 0 Å². The number of hydrogen-bond donors (Lipinski definition) is 2. The summed E-state index contributed by atoms with van der Waals surface area (Å²) >= 11 is 0. The zero-order valence-electron chi connectivity index (χ0n) is 18.2. The molecule has 0 bridgehead atoms. The molecule has 3 N–H and O–H groups in total. The Labute approximate surface area is 193 Å². The standard InChI is InChI=1S/C24H22F3N3O3.3H2/c1-23(2,3)15-7-9-18(22(32)30-16-6-4-5-14(11-16)21(28)31)19(12-15)33-17-8-10-20(29-13-17)24(25,26)27;;;/h4-13H,1-3H3,(H2,28,31)(H,30,32);3*1H. The highest BCUT2D eigenvalue weighted by molar-refractivity contribution is 6.07. The average molecular weight is 464 g/mol. The van der Waals surface area contributed by atoms with E-state index in [1.165, 1.54) is 12.1 Å². The number of alkyl halides is 3. The van der Waals surface area contributed by atoms with Crippen molar-refractivity contribution in [2.45, 2.75) is 32.4 Å². The molecule has 2 aromatic carbocycles. The molecule has 33 heavy (non-hydrogen) atoms. The SMILES string of the molecule is CC(C)(C)c1ccc(C(=O)Nc2cccc(C(N)=O)c2)c(Oc2ccc(C(F)(F)F)nc2)c1.[HH].[HH].[HH]. The van der Waals surface area contributed by atoms with Gasteiger partial charge in [-0.3, -0.25) is 9.59 Å². The van der Waals surface area contributed by atoms with Gasteiger partial charge in [0.1, 0.15) is 17.2 Å². The average Bonchev–Trinajstić information content (AvgIpc) is 2.73. The molecule has 1 heterocycles. The molecule has 6 nitrogen and oxygen atoms in total. The molecule has 0 unspecified atom stereocenters. The number of pyridine rings is 1. The lowest BCUT2D eigenvalue weighted by Crippen LogP contribution is -2.16. The van der Waals surface area contributed by atoms with Crippen molar-refractivity contribution >= 4 is 17.5 Å². The quantitative estimate of drug-likeness (QED) is 0.466. The predicted molar refractivity (Wildman–Crippen MR) is 124 cm³/mol. The minimum atomic E-state index is -4.57. The number of carbonyl (C=O) groups excluding carboxylic acids is 2. The number of nitrogens with zero attached hydrogens (tertiary/aromatic N) is 1. The van der Waals surface area contributed by atoms with E-state index < -0.39 is 23.7 Å². The number of ether oxygens (including phenoxy) is 1. The van der Waals surface area contributed by atoms with Crippen molar-refractivity contribution in [2.24, 2.45) is 5.73 Å². The maximum absolute atomic E-state index is 13.0. The van der Waals surface area contributed by atoms with Crippen molar-refractivity contribution in [3.8, 4) is 11.5 Å². The van der Waals surface area contributed by atoms with Crippen LogP contribution in [0, 0.1) is 0 Å². The molecule has 1 aromatic heterocycles. The fraction of sp³-hybridized carbons (Fsp3) is 0.208. The molecule has 9 heteroatoms. The van der Waals surface area contributed by atoms with Crippen LogP contribution in [0.15, 0.2) is 60.8 Å². The lowest BCUT2D eigenvalue weighted by molar-refractivity contribution is -0.141. The van der Waals surface area contributed by atoms with E-state index in [1.807, 2.05) is 20.8 Å². The second-order valence-electron chi connectivity index (χ2n) is 8.34. The molecule has 0 fully saturated rings. The topological polar surface area (TPSA) is 94.3 Å². The fourth-order valence-electron chi connectivity index (χ4n) is 2.94. The number of carbonyl (C=O) groups is 2. The van der Waals surface area contributed by atoms with Crippen LogP contribution in [0.5, 0.6) is 11.5 Å². The minimum absolute atomic E-state index is 0. The molecule has 3 aromatic rings. The van der Waals surface area contributed by atoms with Gasteiger partial charge in [-0.25, -0.2) is 4.98 Å². The maximum atomic E-state index is 13.0. The first-order chi connectivity index (χ1) is 15.3. The molecule has 3 rings (SSSR count). The lowest BCUT2D eigenvalue weighted by Gasteiger charge is -2.21. The first-order valence-corrected chi connectivity index (χ1v) is 9.91. The summed E-state index contributed by atoms with van der Waals surface area (Å²) in [6.07, 6.45) is -3.63. The molecule has 0 atom stereocenters. The van der Waals surface area contributed by atoms with Crippen LogP contribution in [-0.2, 0) is 11.6 Å². The monoisotopic (exact) mass is 463 g/mol. The number of nitrogens with two attached hydrogens (primary N) is 1. The number of amides is 2. The summed E-state index contributed by atoms with van der Waals surface area (Å²) in [5.74, 6) is -0.988. The highest BCUT2D eigenvalue weighted by Gasteiger charge is 2.32. The van der Waals surface area contributed by atoms with E-state index in [2.05, 4.69) is 10.3 Å². The van der Waals surface area contributed by atoms with Crippen LogP contribution >= 0.6 is 0 Å². The van der Waals surface area contributed by atoms with Crippen molar-refractivity contribution in [3.63, 3.8) is 0 Å². The van der Waals surface area contributed by atoms with Crippen molar-refractivity contribution < 1.29 is 31.8 Å². The molecule has 0 saturated heterocycles. The van der Waals surface area contributed by atoms with Crippen LogP contribution in [0.25, 0.3) is 0 Å². The summed E-state index contributed by atoms with van der Waals surface area (Å²) in [5, 5.41) is 2.68. The van der Waals surface area contributed by atoms with E-state index in [0.29, 0.717) is 5.69 Å². The molecule has 0 aliphatic rings. The van der Waals surface area contributed by atoms with E-state index in [1.54, 1.807) is 30.3 Å². The Morgan fingerprint density at radius 3 is 2.33 bits per heavy atom. The zero-order chi connectivity index (χ0) is 24.4. The summed E-state index contributed by atoms with van der Waals surface area (Å²) in [5.41, 5.74) is 5.52. The van der Waals surface area contributed by atoms with E-state index in [-0.39, 0.29) is 32.3 Å². The predicted octanol–water partition coefficient (Wildman–Crippen LogP) is 6.28. The highest BCUT2D eigenvalue weighted by Crippen LogP contribution is 2.33. The third kappa shape index (κ3) is 5.88. The second kappa shape index (κ2) is 8.93. The summed E-state index contributed by atoms with van der Waals surface area (Å²) in [6.45, 7) is 5.92. The Morgan fingerprint density at radius 2 is 1.76 bits per heavy atom. The van der Waals surface area contributed by atoms with Crippen LogP contribution < -0.4 is 15.8 Å². The summed E-state index contributed by atoms with van der Waals surface area (Å²) in [7, 11) is 0. The molecular weight excluding hydrogens is 435 g/mol. The Bertz CT molecular complexity index is 1200. The molecule has 2 amide bonds. The number of aromatic nitrogens is 1. The Balaban J connectivity index is 0.00000408. The minimum Gasteiger partial charge on any atom is -0.455 e. The van der Waals surface area contributed by atoms with Crippen LogP contribution in [0.1, 0.15) is 57.0 Å². The van der Waals surface area contributed by atoms with Crippen LogP contribution in [0.3, 0.4) is 0 Å². The number of anilines is 1. The van der Waals surface area contributed by atoms with Gasteiger partial charge in [0, 0.05) is 15.5 Å². The normalized spacial score (nSPS) is 11.7. The number of hydrogen-bond acceptors (Lipinski definition) is 4. The van der Waals surface area contributed by atoms with Gasteiger partial charge in [-0.2, -0.15) is 13.2 Å². The van der Waals surface area contributed by atoms with Gasteiger partial charge in [-0.15, -0.1) is 0 Å². The number of benzene rings is 2. The molecule has 0 aliphatic heterocycles. The number of nitrogens with one attached hydrogen (secondary N) is 1. The van der Waals surface area contributed by atoms with Crippen molar-refractivity contribution in [2.75, 3.05) is 5.32 Å². The van der Waals surface area contributed by atoms with Gasteiger partial charge in [0.25, 0.3) is 5.91 Å². The van der Waals surface area contributed by atoms with Gasteiger partial charge in [-0.05, 0) is 53.4 Å². The Hall–Kier alpha value is -3.88. The largest absolute Gasteiger partial charge is 0.455 e. The van der Waals surface area contributed by atoms with Gasteiger partial charge in [0.05, 0.1) is 11.8 Å². The maximum Gasteiger partial charge on any atom is 0.433 e. The van der Waals surface area contributed by atoms with E-state index in [4.69, 9.17) is 10.5 Å². The first-order valence-electron chi connectivity index (χ1n) is 9.91. The molecule has 178 valence electrons. The molecular formula is C24H28F3N3O3. The smallest absolute Gasteiger partial charge is 0.433 e. The van der Waals surface area contributed by atoms with Gasteiger partial charge in [-0.1, -0.05) is 32.9 Å². The van der Waals surface area contributed by atoms with Crippen LogP contribution in [-0.4, -0.2) is 16.8 Å². The third-order valence-corrected chi connectivity index (χ3v) is 4.75. The number of halogens is 3. The molecule has 0 spiro atoms. The van der Waals surface area contributed by atoms with Crippen molar-refractivity contribution in [1.29, 1.82) is 0 Å². The molecule has 0 saturated carbocycles. The lowest BCUT2D eigenvalue weighted by atomic mass is 9.86. The third-order valence-electron chi connectivity index (χ3n) is 4.75. The summed E-state index contributed by atoms with van der Waals surface area (Å²) in [6, 6.07) is 13.1. The highest BCUT2D eigenvalue weighted by atomic mass is 19.4. The van der Waals surface area contributed by atoms with Crippen molar-refractivity contribution in [3.05, 3.63) is 83.2 Å². The summed E-state index contributed by atoms with van der Waals surface area (Å²) in [4.78, 5) is 27.8. The first kappa shape index (κ1) is 23.8. The Kier molecular flexibility index (Phi) is 6.44. The fourth-order valence-corrected chi connectivity index (χ4v) is 2.94. The van der Waals surface area contributed by atoms with Gasteiger partial charge >= 0.3 is 6.18 Å². The van der Waals surface area contributed by atoms with E-state index in [0.717, 1.165) is 23.9 Å². The van der Waals surface area contributed by atoms with Crippen LogP contribution in [0.4, 0.5) is 18.9 Å². The Morgan fingerprint density at radius 1 is 1.03 bits per heavy atom. The number of primary amides is 1.